The van der Waals surface area contributed by atoms with Gasteiger partial charge in [-0.05, 0) is 49.9 Å². The molecule has 0 aromatic heterocycles. The Morgan fingerprint density at radius 3 is 2.55 bits per heavy atom. The van der Waals surface area contributed by atoms with E-state index < -0.39 is 0 Å². The van der Waals surface area contributed by atoms with Crippen molar-refractivity contribution < 1.29 is 9.59 Å². The lowest BCUT2D eigenvalue weighted by atomic mass is 10.2. The molecule has 2 N–H and O–H groups in total. The third kappa shape index (κ3) is 4.63. The van der Waals surface area contributed by atoms with Gasteiger partial charge >= 0.3 is 0 Å². The van der Waals surface area contributed by atoms with Gasteiger partial charge < -0.3 is 10.6 Å². The molecule has 20 heavy (non-hydrogen) atoms. The predicted octanol–water partition coefficient (Wildman–Crippen LogP) is 2.48. The number of carbonyl (C=O) groups is 2. The van der Waals surface area contributed by atoms with Crippen LogP contribution in [-0.4, -0.2) is 24.4 Å². The van der Waals surface area contributed by atoms with Gasteiger partial charge in [0.1, 0.15) is 0 Å². The van der Waals surface area contributed by atoms with Crippen molar-refractivity contribution >= 4 is 27.7 Å². The van der Waals surface area contributed by atoms with Gasteiger partial charge in [0.15, 0.2) is 0 Å². The molecular weight excluding hydrogens is 320 g/mol. The van der Waals surface area contributed by atoms with Crippen LogP contribution in [0.25, 0.3) is 0 Å². The van der Waals surface area contributed by atoms with Crippen LogP contribution in [0.2, 0.25) is 0 Å². The molecule has 1 aliphatic carbocycles. The molecule has 0 saturated heterocycles. The van der Waals surface area contributed by atoms with E-state index in [1.165, 1.54) is 12.8 Å². The minimum Gasteiger partial charge on any atom is -0.353 e. The van der Waals surface area contributed by atoms with Crippen LogP contribution in [0.4, 0.5) is 0 Å². The summed E-state index contributed by atoms with van der Waals surface area (Å²) in [5, 5.41) is 5.72. The van der Waals surface area contributed by atoms with E-state index in [2.05, 4.69) is 26.6 Å². The zero-order valence-electron chi connectivity index (χ0n) is 11.5. The lowest BCUT2D eigenvalue weighted by molar-refractivity contribution is -0.121. The SMILES string of the molecule is C[C@H](NC(=O)CCNC(=O)c1ccc(Br)cc1)C1CC1. The summed E-state index contributed by atoms with van der Waals surface area (Å²) in [6.07, 6.45) is 2.74. The molecule has 1 atom stereocenters. The summed E-state index contributed by atoms with van der Waals surface area (Å²) in [4.78, 5) is 23.5. The average molecular weight is 339 g/mol. The van der Waals surface area contributed by atoms with Gasteiger partial charge in [-0.15, -0.1) is 0 Å². The summed E-state index contributed by atoms with van der Waals surface area (Å²) in [7, 11) is 0. The average Bonchev–Trinajstić information content (AvgIpc) is 3.23. The van der Waals surface area contributed by atoms with Crippen molar-refractivity contribution in [3.63, 3.8) is 0 Å². The van der Waals surface area contributed by atoms with Crippen LogP contribution >= 0.6 is 15.9 Å². The van der Waals surface area contributed by atoms with Crippen molar-refractivity contribution in [3.05, 3.63) is 34.3 Å². The summed E-state index contributed by atoms with van der Waals surface area (Å²) in [5.41, 5.74) is 0.597. The van der Waals surface area contributed by atoms with Crippen LogP contribution in [0, 0.1) is 5.92 Å². The zero-order valence-corrected chi connectivity index (χ0v) is 13.1. The maximum atomic E-state index is 11.8. The molecule has 1 aromatic carbocycles. The molecule has 1 saturated carbocycles. The smallest absolute Gasteiger partial charge is 0.251 e. The minimum absolute atomic E-state index is 0.000469. The zero-order chi connectivity index (χ0) is 14.5. The fraction of sp³-hybridized carbons (Fsp3) is 0.467. The Labute approximate surface area is 127 Å². The standard InChI is InChI=1S/C15H19BrN2O2/c1-10(11-2-3-11)18-14(19)8-9-17-15(20)12-4-6-13(16)7-5-12/h4-7,10-11H,2-3,8-9H2,1H3,(H,17,20)(H,18,19)/t10-/m0/s1. The summed E-state index contributed by atoms with van der Waals surface area (Å²) in [6, 6.07) is 7.38. The number of hydrogen-bond donors (Lipinski definition) is 2. The monoisotopic (exact) mass is 338 g/mol. The summed E-state index contributed by atoms with van der Waals surface area (Å²) < 4.78 is 0.933. The fourth-order valence-electron chi connectivity index (χ4n) is 2.03. The van der Waals surface area contributed by atoms with Crippen LogP contribution in [0.5, 0.6) is 0 Å². The quantitative estimate of drug-likeness (QED) is 0.837. The number of nitrogens with one attached hydrogen (secondary N) is 2. The third-order valence-corrected chi connectivity index (χ3v) is 3.99. The maximum Gasteiger partial charge on any atom is 0.251 e. The molecule has 1 fully saturated rings. The Morgan fingerprint density at radius 2 is 1.95 bits per heavy atom. The first-order chi connectivity index (χ1) is 9.56. The van der Waals surface area contributed by atoms with Crippen LogP contribution < -0.4 is 10.6 Å². The molecule has 0 spiro atoms. The molecule has 0 unspecified atom stereocenters. The van der Waals surface area contributed by atoms with Crippen molar-refractivity contribution in [2.24, 2.45) is 5.92 Å². The predicted molar refractivity (Wildman–Crippen MR) is 81.4 cm³/mol. The first-order valence-electron chi connectivity index (χ1n) is 6.89. The molecule has 108 valence electrons. The largest absolute Gasteiger partial charge is 0.353 e. The van der Waals surface area contributed by atoms with E-state index in [1.807, 2.05) is 19.1 Å². The minimum atomic E-state index is -0.152. The molecule has 5 heteroatoms. The number of benzene rings is 1. The van der Waals surface area contributed by atoms with Gasteiger partial charge in [0.2, 0.25) is 5.91 Å². The molecule has 0 aliphatic heterocycles. The fourth-order valence-corrected chi connectivity index (χ4v) is 2.30. The normalized spacial score (nSPS) is 15.5. The topological polar surface area (TPSA) is 58.2 Å². The van der Waals surface area contributed by atoms with Gasteiger partial charge in [0.05, 0.1) is 0 Å². The lowest BCUT2D eigenvalue weighted by Crippen LogP contribution is -2.36. The molecule has 2 rings (SSSR count). The lowest BCUT2D eigenvalue weighted by Gasteiger charge is -2.12. The van der Waals surface area contributed by atoms with E-state index in [0.29, 0.717) is 24.4 Å². The van der Waals surface area contributed by atoms with Crippen molar-refractivity contribution in [2.45, 2.75) is 32.2 Å². The van der Waals surface area contributed by atoms with E-state index in [0.717, 1.165) is 4.47 Å². The molecule has 1 aromatic rings. The molecule has 0 radical (unpaired) electrons. The van der Waals surface area contributed by atoms with E-state index in [-0.39, 0.29) is 17.9 Å². The van der Waals surface area contributed by atoms with E-state index in [9.17, 15) is 9.59 Å². The van der Waals surface area contributed by atoms with Gasteiger partial charge in [-0.1, -0.05) is 15.9 Å². The van der Waals surface area contributed by atoms with Crippen molar-refractivity contribution in [1.82, 2.24) is 10.6 Å². The number of amides is 2. The van der Waals surface area contributed by atoms with Crippen molar-refractivity contribution in [2.75, 3.05) is 6.54 Å². The summed E-state index contributed by atoms with van der Waals surface area (Å²) >= 11 is 3.32. The molecule has 0 bridgehead atoms. The van der Waals surface area contributed by atoms with Gasteiger partial charge in [-0.2, -0.15) is 0 Å². The van der Waals surface area contributed by atoms with Gasteiger partial charge in [-0.25, -0.2) is 0 Å². The van der Waals surface area contributed by atoms with Gasteiger partial charge in [0, 0.05) is 29.0 Å². The Hall–Kier alpha value is -1.36. The number of carbonyl (C=O) groups excluding carboxylic acids is 2. The number of halogens is 1. The molecule has 4 nitrogen and oxygen atoms in total. The first kappa shape index (κ1) is 15.0. The first-order valence-corrected chi connectivity index (χ1v) is 7.68. The Balaban J connectivity index is 1.68. The number of hydrogen-bond acceptors (Lipinski definition) is 2. The molecule has 1 aliphatic rings. The number of rotatable bonds is 6. The third-order valence-electron chi connectivity index (χ3n) is 3.46. The van der Waals surface area contributed by atoms with Crippen LogP contribution in [-0.2, 0) is 4.79 Å². The Kier molecular flexibility index (Phi) is 5.17. The van der Waals surface area contributed by atoms with Gasteiger partial charge in [0.25, 0.3) is 5.91 Å². The second kappa shape index (κ2) is 6.88. The summed E-state index contributed by atoms with van der Waals surface area (Å²) in [6.45, 7) is 2.40. The molecule has 2 amide bonds. The van der Waals surface area contributed by atoms with Crippen molar-refractivity contribution in [1.29, 1.82) is 0 Å². The van der Waals surface area contributed by atoms with Crippen molar-refractivity contribution in [3.8, 4) is 0 Å². The Bertz CT molecular complexity index is 483. The highest BCUT2D eigenvalue weighted by atomic mass is 79.9. The highest BCUT2D eigenvalue weighted by Crippen LogP contribution is 2.32. The second-order valence-corrected chi connectivity index (χ2v) is 6.12. The Morgan fingerprint density at radius 1 is 1.30 bits per heavy atom. The highest BCUT2D eigenvalue weighted by Gasteiger charge is 2.28. The van der Waals surface area contributed by atoms with Crippen LogP contribution in [0.15, 0.2) is 28.7 Å². The van der Waals surface area contributed by atoms with E-state index >= 15 is 0 Å². The summed E-state index contributed by atoms with van der Waals surface area (Å²) in [5.74, 6) is 0.498. The molecule has 0 heterocycles. The second-order valence-electron chi connectivity index (χ2n) is 5.21. The highest BCUT2D eigenvalue weighted by molar-refractivity contribution is 9.10. The van der Waals surface area contributed by atoms with Crippen LogP contribution in [0.3, 0.4) is 0 Å². The molecular formula is C15H19BrN2O2. The maximum absolute atomic E-state index is 11.8. The van der Waals surface area contributed by atoms with E-state index in [1.54, 1.807) is 12.1 Å². The van der Waals surface area contributed by atoms with Crippen LogP contribution in [0.1, 0.15) is 36.5 Å². The van der Waals surface area contributed by atoms with Gasteiger partial charge in [-0.3, -0.25) is 9.59 Å². The van der Waals surface area contributed by atoms with E-state index in [4.69, 9.17) is 0 Å².